The molecular formula is C15H22F3NO. The Hall–Kier alpha value is -1.07. The van der Waals surface area contributed by atoms with Gasteiger partial charge in [0, 0.05) is 13.1 Å². The van der Waals surface area contributed by atoms with Crippen LogP contribution in [-0.4, -0.2) is 18.2 Å². The van der Waals surface area contributed by atoms with Crippen LogP contribution in [0.4, 0.5) is 13.2 Å². The van der Waals surface area contributed by atoms with Crippen molar-refractivity contribution >= 4 is 0 Å². The molecule has 1 aromatic rings. The first-order valence-corrected chi connectivity index (χ1v) is 6.71. The Balaban J connectivity index is 2.54. The lowest BCUT2D eigenvalue weighted by molar-refractivity contribution is -0.137. The minimum Gasteiger partial charge on any atom is -0.387 e. The highest BCUT2D eigenvalue weighted by Gasteiger charge is 2.30. The molecule has 0 bridgehead atoms. The second kappa shape index (κ2) is 6.59. The van der Waals surface area contributed by atoms with Crippen molar-refractivity contribution in [1.82, 2.24) is 5.32 Å². The van der Waals surface area contributed by atoms with Crippen LogP contribution in [0.1, 0.15) is 44.4 Å². The molecule has 114 valence electrons. The Labute approximate surface area is 118 Å². The van der Waals surface area contributed by atoms with E-state index in [1.807, 2.05) is 0 Å². The van der Waals surface area contributed by atoms with Gasteiger partial charge in [0.25, 0.3) is 0 Å². The Kier molecular flexibility index (Phi) is 5.59. The van der Waals surface area contributed by atoms with E-state index in [1.165, 1.54) is 12.1 Å². The van der Waals surface area contributed by atoms with E-state index >= 15 is 0 Å². The molecule has 0 fully saturated rings. The van der Waals surface area contributed by atoms with Gasteiger partial charge >= 0.3 is 6.18 Å². The average Bonchev–Trinajstić information content (AvgIpc) is 2.37. The molecule has 0 saturated carbocycles. The van der Waals surface area contributed by atoms with Crippen LogP contribution in [0.3, 0.4) is 0 Å². The van der Waals surface area contributed by atoms with Gasteiger partial charge in [-0.3, -0.25) is 0 Å². The first kappa shape index (κ1) is 17.0. The van der Waals surface area contributed by atoms with Gasteiger partial charge in [0.2, 0.25) is 0 Å². The van der Waals surface area contributed by atoms with Crippen LogP contribution in [0.15, 0.2) is 24.3 Å². The lowest BCUT2D eigenvalue weighted by Gasteiger charge is -2.24. The van der Waals surface area contributed by atoms with Crippen LogP contribution >= 0.6 is 0 Å². The summed E-state index contributed by atoms with van der Waals surface area (Å²) < 4.78 is 37.3. The third kappa shape index (κ3) is 5.13. The van der Waals surface area contributed by atoms with Gasteiger partial charge < -0.3 is 10.4 Å². The van der Waals surface area contributed by atoms with Crippen LogP contribution in [0, 0.1) is 5.41 Å². The highest BCUT2D eigenvalue weighted by Crippen LogP contribution is 2.29. The van der Waals surface area contributed by atoms with Crippen molar-refractivity contribution in [1.29, 1.82) is 0 Å². The van der Waals surface area contributed by atoms with Gasteiger partial charge in [-0.1, -0.05) is 32.9 Å². The number of rotatable bonds is 6. The second-order valence-electron chi connectivity index (χ2n) is 5.78. The Morgan fingerprint density at radius 3 is 2.15 bits per heavy atom. The first-order valence-electron chi connectivity index (χ1n) is 6.71. The van der Waals surface area contributed by atoms with Gasteiger partial charge in [-0.25, -0.2) is 0 Å². The van der Waals surface area contributed by atoms with E-state index in [2.05, 4.69) is 26.1 Å². The van der Waals surface area contributed by atoms with Gasteiger partial charge in [-0.15, -0.1) is 0 Å². The molecule has 0 spiro atoms. The van der Waals surface area contributed by atoms with Gasteiger partial charge in [-0.05, 0) is 29.5 Å². The smallest absolute Gasteiger partial charge is 0.387 e. The van der Waals surface area contributed by atoms with Crippen molar-refractivity contribution in [2.45, 2.75) is 39.5 Å². The van der Waals surface area contributed by atoms with E-state index in [0.717, 1.165) is 25.1 Å². The number of hydrogen-bond donors (Lipinski definition) is 2. The molecule has 0 aliphatic rings. The summed E-state index contributed by atoms with van der Waals surface area (Å²) in [6, 6.07) is 4.63. The Morgan fingerprint density at radius 1 is 1.15 bits per heavy atom. The molecule has 2 nitrogen and oxygen atoms in total. The number of benzene rings is 1. The molecule has 1 aromatic carbocycles. The summed E-state index contributed by atoms with van der Waals surface area (Å²) in [5, 5.41) is 13.1. The number of alkyl halides is 3. The molecule has 2 N–H and O–H groups in total. The van der Waals surface area contributed by atoms with E-state index in [4.69, 9.17) is 0 Å². The van der Waals surface area contributed by atoms with E-state index in [0.29, 0.717) is 12.1 Å². The highest BCUT2D eigenvalue weighted by atomic mass is 19.4. The fraction of sp³-hybridized carbons (Fsp3) is 0.600. The zero-order valence-corrected chi connectivity index (χ0v) is 12.1. The standard InChI is InChI=1S/C15H22F3NO/c1-4-14(2,3)10-19-9-13(20)11-5-7-12(8-6-11)15(16,17)18/h5-8,13,19-20H,4,9-10H2,1-3H3. The number of nitrogens with one attached hydrogen (secondary N) is 1. The number of halogens is 3. The van der Waals surface area contributed by atoms with Gasteiger partial charge in [-0.2, -0.15) is 13.2 Å². The van der Waals surface area contributed by atoms with Gasteiger partial charge in [0.05, 0.1) is 11.7 Å². The van der Waals surface area contributed by atoms with E-state index in [9.17, 15) is 18.3 Å². The summed E-state index contributed by atoms with van der Waals surface area (Å²) in [7, 11) is 0. The van der Waals surface area contributed by atoms with Gasteiger partial charge in [0.1, 0.15) is 0 Å². The highest BCUT2D eigenvalue weighted by molar-refractivity contribution is 5.26. The molecular weight excluding hydrogens is 267 g/mol. The van der Waals surface area contributed by atoms with Crippen LogP contribution in [0.2, 0.25) is 0 Å². The van der Waals surface area contributed by atoms with E-state index in [1.54, 1.807) is 0 Å². The fourth-order valence-electron chi connectivity index (χ4n) is 1.68. The molecule has 1 rings (SSSR count). The molecule has 0 heterocycles. The largest absolute Gasteiger partial charge is 0.416 e. The Morgan fingerprint density at radius 2 is 1.70 bits per heavy atom. The predicted molar refractivity (Wildman–Crippen MR) is 73.3 cm³/mol. The monoisotopic (exact) mass is 289 g/mol. The molecule has 0 aromatic heterocycles. The zero-order chi connectivity index (χ0) is 15.4. The molecule has 0 aliphatic carbocycles. The summed E-state index contributed by atoms with van der Waals surface area (Å²) in [5.74, 6) is 0. The van der Waals surface area contributed by atoms with Crippen LogP contribution in [0.5, 0.6) is 0 Å². The Bertz CT molecular complexity index is 412. The van der Waals surface area contributed by atoms with E-state index in [-0.39, 0.29) is 5.41 Å². The lowest BCUT2D eigenvalue weighted by atomic mass is 9.90. The first-order chi connectivity index (χ1) is 9.15. The third-order valence-electron chi connectivity index (χ3n) is 3.52. The van der Waals surface area contributed by atoms with E-state index < -0.39 is 17.8 Å². The van der Waals surface area contributed by atoms with Crippen molar-refractivity contribution in [3.05, 3.63) is 35.4 Å². The van der Waals surface area contributed by atoms with Crippen LogP contribution in [0.25, 0.3) is 0 Å². The molecule has 0 amide bonds. The third-order valence-corrected chi connectivity index (χ3v) is 3.52. The topological polar surface area (TPSA) is 32.3 Å². The lowest BCUT2D eigenvalue weighted by Crippen LogP contribution is -2.31. The van der Waals surface area contributed by atoms with Crippen molar-refractivity contribution in [3.8, 4) is 0 Å². The minimum absolute atomic E-state index is 0.139. The quantitative estimate of drug-likeness (QED) is 0.835. The molecule has 1 unspecified atom stereocenters. The summed E-state index contributed by atoms with van der Waals surface area (Å²) in [6.45, 7) is 7.40. The second-order valence-corrected chi connectivity index (χ2v) is 5.78. The maximum Gasteiger partial charge on any atom is 0.416 e. The van der Waals surface area contributed by atoms with Crippen LogP contribution < -0.4 is 5.32 Å². The molecule has 20 heavy (non-hydrogen) atoms. The predicted octanol–water partition coefficient (Wildman–Crippen LogP) is 3.76. The molecule has 5 heteroatoms. The fourth-order valence-corrected chi connectivity index (χ4v) is 1.68. The maximum atomic E-state index is 12.4. The summed E-state index contributed by atoms with van der Waals surface area (Å²) in [6.07, 6.45) is -4.13. The van der Waals surface area contributed by atoms with Crippen molar-refractivity contribution in [2.75, 3.05) is 13.1 Å². The molecule has 0 aliphatic heterocycles. The minimum atomic E-state index is -4.34. The van der Waals surface area contributed by atoms with Gasteiger partial charge in [0.15, 0.2) is 0 Å². The summed E-state index contributed by atoms with van der Waals surface area (Å²) in [4.78, 5) is 0. The van der Waals surface area contributed by atoms with Crippen molar-refractivity contribution in [3.63, 3.8) is 0 Å². The summed E-state index contributed by atoms with van der Waals surface area (Å²) >= 11 is 0. The molecule has 0 radical (unpaired) electrons. The number of hydrogen-bond acceptors (Lipinski definition) is 2. The SMILES string of the molecule is CCC(C)(C)CNCC(O)c1ccc(C(F)(F)F)cc1. The summed E-state index contributed by atoms with van der Waals surface area (Å²) in [5.41, 5.74) is -0.0758. The average molecular weight is 289 g/mol. The molecule has 1 atom stereocenters. The van der Waals surface area contributed by atoms with Crippen LogP contribution in [-0.2, 0) is 6.18 Å². The zero-order valence-electron chi connectivity index (χ0n) is 12.1. The number of aliphatic hydroxyl groups excluding tert-OH is 1. The maximum absolute atomic E-state index is 12.4. The number of aliphatic hydroxyl groups is 1. The van der Waals surface area contributed by atoms with Crippen molar-refractivity contribution in [2.24, 2.45) is 5.41 Å². The normalized spacial score (nSPS) is 14.3. The molecule has 0 saturated heterocycles. The van der Waals surface area contributed by atoms with Crippen molar-refractivity contribution < 1.29 is 18.3 Å².